The second kappa shape index (κ2) is 10.4. The Kier molecular flexibility index (Phi) is 7.59. The van der Waals surface area contributed by atoms with Gasteiger partial charge in [0.25, 0.3) is 5.88 Å². The molecule has 34 heavy (non-hydrogen) atoms. The number of amides is 2. The fourth-order valence-electron chi connectivity index (χ4n) is 3.21. The summed E-state index contributed by atoms with van der Waals surface area (Å²) in [4.78, 5) is 33.4. The van der Waals surface area contributed by atoms with Crippen LogP contribution >= 0.6 is 0 Å². The Balaban J connectivity index is 1.78. The zero-order chi connectivity index (χ0) is 24.9. The number of ether oxygens (including phenoxy) is 2. The van der Waals surface area contributed by atoms with Crippen molar-refractivity contribution in [2.45, 2.75) is 32.6 Å². The summed E-state index contributed by atoms with van der Waals surface area (Å²) in [5.74, 6) is -0.528. The quantitative estimate of drug-likeness (QED) is 0.497. The number of nitrogens with zero attached hydrogens (tertiary/aromatic N) is 4. The highest BCUT2D eigenvalue weighted by atomic mass is 19.4. The van der Waals surface area contributed by atoms with Crippen molar-refractivity contribution in [3.63, 3.8) is 0 Å². The number of imidazole rings is 1. The number of benzene rings is 1. The van der Waals surface area contributed by atoms with Gasteiger partial charge in [0.05, 0.1) is 12.8 Å². The zero-order valence-electron chi connectivity index (χ0n) is 18.8. The lowest BCUT2D eigenvalue weighted by Gasteiger charge is -2.26. The number of fused-ring (bicyclic) bond motifs is 1. The summed E-state index contributed by atoms with van der Waals surface area (Å²) in [6.07, 6.45) is 0.369. The molecule has 182 valence electrons. The number of carbonyl (C=O) groups excluding carboxylic acids is 2. The molecule has 0 bridgehead atoms. The first-order valence-corrected chi connectivity index (χ1v) is 10.3. The van der Waals surface area contributed by atoms with Crippen molar-refractivity contribution in [3.8, 4) is 17.1 Å². The Hall–Kier alpha value is -3.83. The number of urea groups is 1. The lowest BCUT2D eigenvalue weighted by Crippen LogP contribution is -2.52. The largest absolute Gasteiger partial charge is 0.478 e. The number of esters is 1. The molecule has 1 atom stereocenters. The SMILES string of the molecule is CCN(Cc1cccc(-c2cn3ccnc3c(OC)n2)c1)C(=O)NC(COC(C)=O)C(F)(F)F. The first-order valence-electron chi connectivity index (χ1n) is 10.3. The Morgan fingerprint density at radius 2 is 2.06 bits per heavy atom. The molecule has 3 aromatic rings. The Morgan fingerprint density at radius 3 is 2.71 bits per heavy atom. The van der Waals surface area contributed by atoms with Gasteiger partial charge < -0.3 is 24.1 Å². The number of methoxy groups -OCH3 is 1. The second-order valence-corrected chi connectivity index (χ2v) is 7.35. The number of nitrogens with one attached hydrogen (secondary N) is 1. The van der Waals surface area contributed by atoms with Crippen molar-refractivity contribution in [2.24, 2.45) is 0 Å². The minimum atomic E-state index is -4.78. The molecule has 0 aliphatic heterocycles. The molecule has 0 aliphatic carbocycles. The minimum absolute atomic E-state index is 0.0543. The molecule has 0 aliphatic rings. The number of alkyl halides is 3. The summed E-state index contributed by atoms with van der Waals surface area (Å²) in [6, 6.07) is 3.89. The van der Waals surface area contributed by atoms with Crippen molar-refractivity contribution in [2.75, 3.05) is 20.3 Å². The van der Waals surface area contributed by atoms with Crippen molar-refractivity contribution < 1.29 is 32.2 Å². The first-order chi connectivity index (χ1) is 16.1. The lowest BCUT2D eigenvalue weighted by atomic mass is 10.1. The van der Waals surface area contributed by atoms with E-state index in [2.05, 4.69) is 14.7 Å². The number of hydrogen-bond acceptors (Lipinski definition) is 6. The van der Waals surface area contributed by atoms with Crippen molar-refractivity contribution in [1.29, 1.82) is 0 Å². The van der Waals surface area contributed by atoms with Gasteiger partial charge in [-0.2, -0.15) is 13.2 Å². The highest BCUT2D eigenvalue weighted by molar-refractivity contribution is 5.75. The monoisotopic (exact) mass is 479 g/mol. The number of carbonyl (C=O) groups is 2. The highest BCUT2D eigenvalue weighted by Crippen LogP contribution is 2.25. The third-order valence-electron chi connectivity index (χ3n) is 4.95. The Morgan fingerprint density at radius 1 is 1.29 bits per heavy atom. The molecule has 12 heteroatoms. The molecule has 2 heterocycles. The van der Waals surface area contributed by atoms with Crippen LogP contribution < -0.4 is 10.1 Å². The highest BCUT2D eigenvalue weighted by Gasteiger charge is 2.42. The lowest BCUT2D eigenvalue weighted by molar-refractivity contribution is -0.171. The minimum Gasteiger partial charge on any atom is -0.478 e. The molecule has 2 aromatic heterocycles. The van der Waals surface area contributed by atoms with Crippen molar-refractivity contribution in [3.05, 3.63) is 48.4 Å². The van der Waals surface area contributed by atoms with Gasteiger partial charge in [-0.05, 0) is 18.6 Å². The van der Waals surface area contributed by atoms with Crippen LogP contribution in [0.3, 0.4) is 0 Å². The molecule has 0 fully saturated rings. The fraction of sp³-hybridized carbons (Fsp3) is 0.364. The summed E-state index contributed by atoms with van der Waals surface area (Å²) in [7, 11) is 1.49. The number of halogens is 3. The van der Waals surface area contributed by atoms with Crippen LogP contribution in [-0.2, 0) is 16.1 Å². The van der Waals surface area contributed by atoms with E-state index in [9.17, 15) is 22.8 Å². The Bertz CT molecular complexity index is 1160. The van der Waals surface area contributed by atoms with Crippen LogP contribution in [0.25, 0.3) is 16.9 Å². The van der Waals surface area contributed by atoms with E-state index < -0.39 is 30.8 Å². The van der Waals surface area contributed by atoms with Crippen LogP contribution in [-0.4, -0.2) is 63.7 Å². The molecule has 1 N–H and O–H groups in total. The topological polar surface area (TPSA) is 98.1 Å². The summed E-state index contributed by atoms with van der Waals surface area (Å²) in [5, 5.41) is 1.91. The van der Waals surface area contributed by atoms with E-state index in [-0.39, 0.29) is 13.1 Å². The molecule has 2 amide bonds. The molecule has 1 unspecified atom stereocenters. The van der Waals surface area contributed by atoms with Gasteiger partial charge >= 0.3 is 18.2 Å². The van der Waals surface area contributed by atoms with E-state index in [1.165, 1.54) is 12.0 Å². The van der Waals surface area contributed by atoms with Crippen molar-refractivity contribution >= 4 is 17.6 Å². The summed E-state index contributed by atoms with van der Waals surface area (Å²) in [5.41, 5.74) is 2.56. The maximum absolute atomic E-state index is 13.3. The molecule has 1 aromatic carbocycles. The molecule has 9 nitrogen and oxygen atoms in total. The van der Waals surface area contributed by atoms with Crippen LogP contribution in [0.15, 0.2) is 42.9 Å². The predicted molar refractivity (Wildman–Crippen MR) is 116 cm³/mol. The molecule has 3 rings (SSSR count). The van der Waals surface area contributed by atoms with Crippen LogP contribution in [0.1, 0.15) is 19.4 Å². The van der Waals surface area contributed by atoms with Crippen LogP contribution in [0.4, 0.5) is 18.0 Å². The third-order valence-corrected chi connectivity index (χ3v) is 4.95. The van der Waals surface area contributed by atoms with Gasteiger partial charge in [-0.15, -0.1) is 0 Å². The van der Waals surface area contributed by atoms with E-state index in [0.717, 1.165) is 12.5 Å². The predicted octanol–water partition coefficient (Wildman–Crippen LogP) is 3.43. The summed E-state index contributed by atoms with van der Waals surface area (Å²) in [6.45, 7) is 1.86. The van der Waals surface area contributed by atoms with E-state index in [1.54, 1.807) is 48.1 Å². The van der Waals surface area contributed by atoms with Gasteiger partial charge in [-0.3, -0.25) is 4.79 Å². The first kappa shape index (κ1) is 24.8. The summed E-state index contributed by atoms with van der Waals surface area (Å²) < 4.78 is 51.3. The van der Waals surface area contributed by atoms with E-state index in [4.69, 9.17) is 4.74 Å². The average Bonchev–Trinajstić information content (AvgIpc) is 3.27. The number of aromatic nitrogens is 3. The number of hydrogen-bond donors (Lipinski definition) is 1. The van der Waals surface area contributed by atoms with Gasteiger partial charge in [0.15, 0.2) is 11.7 Å². The van der Waals surface area contributed by atoms with E-state index >= 15 is 0 Å². The summed E-state index contributed by atoms with van der Waals surface area (Å²) >= 11 is 0. The maximum atomic E-state index is 13.3. The number of rotatable bonds is 8. The van der Waals surface area contributed by atoms with Crippen LogP contribution in [0.2, 0.25) is 0 Å². The van der Waals surface area contributed by atoms with E-state index in [0.29, 0.717) is 22.8 Å². The normalized spacial score (nSPS) is 12.3. The van der Waals surface area contributed by atoms with Crippen LogP contribution in [0, 0.1) is 0 Å². The third kappa shape index (κ3) is 5.94. The van der Waals surface area contributed by atoms with Crippen molar-refractivity contribution in [1.82, 2.24) is 24.6 Å². The fourth-order valence-corrected chi connectivity index (χ4v) is 3.21. The molecular weight excluding hydrogens is 455 g/mol. The van der Waals surface area contributed by atoms with Gasteiger partial charge in [0.1, 0.15) is 6.61 Å². The average molecular weight is 479 g/mol. The van der Waals surface area contributed by atoms with E-state index in [1.807, 2.05) is 11.4 Å². The maximum Gasteiger partial charge on any atom is 0.412 e. The second-order valence-electron chi connectivity index (χ2n) is 7.35. The zero-order valence-corrected chi connectivity index (χ0v) is 18.8. The van der Waals surface area contributed by atoms with Crippen LogP contribution in [0.5, 0.6) is 5.88 Å². The molecule has 0 radical (unpaired) electrons. The smallest absolute Gasteiger partial charge is 0.412 e. The van der Waals surface area contributed by atoms with Gasteiger partial charge in [0.2, 0.25) is 0 Å². The molecular formula is C22H24F3N5O4. The molecule has 0 saturated heterocycles. The van der Waals surface area contributed by atoms with Gasteiger partial charge in [-0.1, -0.05) is 18.2 Å². The van der Waals surface area contributed by atoms with Gasteiger partial charge in [0, 0.05) is 44.2 Å². The standard InChI is InChI=1S/C22H24F3N5O4/c1-4-29(21(32)28-18(22(23,24)25)13-34-14(2)31)11-15-6-5-7-16(10-15)17-12-30-9-8-26-19(30)20(27-17)33-3/h5-10,12,18H,4,11,13H2,1-3H3,(H,28,32). The molecule has 0 spiro atoms. The Labute approximate surface area is 193 Å². The van der Waals surface area contributed by atoms with Gasteiger partial charge in [-0.25, -0.2) is 14.8 Å². The molecule has 0 saturated carbocycles.